The molecule has 1 aliphatic rings. The van der Waals surface area contributed by atoms with Gasteiger partial charge in [0.25, 0.3) is 5.91 Å². The molecule has 33 heavy (non-hydrogen) atoms. The third kappa shape index (κ3) is 5.40. The number of benzene rings is 2. The minimum absolute atomic E-state index is 0.0170. The van der Waals surface area contributed by atoms with E-state index in [-0.39, 0.29) is 11.4 Å². The third-order valence-electron chi connectivity index (χ3n) is 5.09. The molecular formula is C23H20F3N3O4. The predicted molar refractivity (Wildman–Crippen MR) is 115 cm³/mol. The molecule has 10 heteroatoms. The molecule has 7 nitrogen and oxygen atoms in total. The first-order chi connectivity index (χ1) is 15.8. The number of hydrogen-bond acceptors (Lipinski definition) is 6. The summed E-state index contributed by atoms with van der Waals surface area (Å²) in [5.41, 5.74) is 0.135. The van der Waals surface area contributed by atoms with Gasteiger partial charge in [0.05, 0.1) is 35.7 Å². The average Bonchev–Trinajstić information content (AvgIpc) is 2.82. The second kappa shape index (κ2) is 9.45. The Morgan fingerprint density at radius 1 is 1.06 bits per heavy atom. The third-order valence-corrected chi connectivity index (χ3v) is 5.09. The quantitative estimate of drug-likeness (QED) is 0.584. The highest BCUT2D eigenvalue weighted by atomic mass is 19.4. The molecule has 1 saturated heterocycles. The molecule has 2 aromatic carbocycles. The highest BCUT2D eigenvalue weighted by Gasteiger charge is 2.32. The Kier molecular flexibility index (Phi) is 6.45. The first kappa shape index (κ1) is 22.5. The molecule has 0 bridgehead atoms. The number of rotatable bonds is 5. The first-order valence-electron chi connectivity index (χ1n) is 10.2. The maximum absolute atomic E-state index is 13.2. The van der Waals surface area contributed by atoms with Crippen LogP contribution in [-0.4, -0.2) is 49.8 Å². The smallest absolute Gasteiger partial charge is 0.416 e. The van der Waals surface area contributed by atoms with E-state index in [2.05, 4.69) is 10.3 Å². The number of hydrogen-bond donors (Lipinski definition) is 1. The molecule has 0 aliphatic carbocycles. The van der Waals surface area contributed by atoms with Crippen molar-refractivity contribution in [3.05, 3.63) is 65.9 Å². The summed E-state index contributed by atoms with van der Waals surface area (Å²) in [7, 11) is 0. The van der Waals surface area contributed by atoms with Gasteiger partial charge < -0.3 is 19.7 Å². The van der Waals surface area contributed by atoms with Crippen LogP contribution in [0.1, 0.15) is 16.1 Å². The Labute approximate surface area is 187 Å². The second-order valence-electron chi connectivity index (χ2n) is 7.34. The Balaban J connectivity index is 1.46. The number of pyridine rings is 1. The standard InChI is InChI=1S/C23H20F3N3O4/c24-23(25,26)16-6-8-20(29-9-11-32-12-10-29)19(13-16)28-21(30)14-33-22(31)18-7-5-15-3-1-2-4-17(15)27-18/h1-8,13H,9-12,14H2,(H,28,30). The minimum atomic E-state index is -4.57. The van der Waals surface area contributed by atoms with Gasteiger partial charge >= 0.3 is 12.1 Å². The lowest BCUT2D eigenvalue weighted by Gasteiger charge is -2.31. The van der Waals surface area contributed by atoms with Gasteiger partial charge in [-0.15, -0.1) is 0 Å². The lowest BCUT2D eigenvalue weighted by molar-refractivity contribution is -0.137. The number of para-hydroxylation sites is 1. The number of carbonyl (C=O) groups is 2. The zero-order valence-electron chi connectivity index (χ0n) is 17.4. The predicted octanol–water partition coefficient (Wildman–Crippen LogP) is 3.89. The molecule has 172 valence electrons. The number of esters is 1. The van der Waals surface area contributed by atoms with Crippen LogP contribution in [0.4, 0.5) is 24.5 Å². The zero-order valence-corrected chi connectivity index (χ0v) is 17.4. The maximum atomic E-state index is 13.2. The fourth-order valence-electron chi connectivity index (χ4n) is 3.46. The van der Waals surface area contributed by atoms with Crippen LogP contribution >= 0.6 is 0 Å². The number of carbonyl (C=O) groups excluding carboxylic acids is 2. The molecule has 0 atom stereocenters. The Morgan fingerprint density at radius 3 is 2.58 bits per heavy atom. The summed E-state index contributed by atoms with van der Waals surface area (Å²) in [6, 6.07) is 13.5. The van der Waals surface area contributed by atoms with E-state index in [1.165, 1.54) is 12.1 Å². The molecule has 0 unspecified atom stereocenters. The molecule has 0 radical (unpaired) electrons. The van der Waals surface area contributed by atoms with E-state index < -0.39 is 30.2 Å². The van der Waals surface area contributed by atoms with Crippen LogP contribution in [-0.2, 0) is 20.4 Å². The van der Waals surface area contributed by atoms with Gasteiger partial charge in [-0.2, -0.15) is 13.2 Å². The molecule has 1 aliphatic heterocycles. The molecule has 1 amide bonds. The van der Waals surface area contributed by atoms with Crippen molar-refractivity contribution in [2.24, 2.45) is 0 Å². The van der Waals surface area contributed by atoms with Crippen LogP contribution in [0.25, 0.3) is 10.9 Å². The van der Waals surface area contributed by atoms with Crippen molar-refractivity contribution in [3.63, 3.8) is 0 Å². The van der Waals surface area contributed by atoms with Gasteiger partial charge in [0.1, 0.15) is 5.69 Å². The van der Waals surface area contributed by atoms with Crippen molar-refractivity contribution in [2.75, 3.05) is 43.1 Å². The summed E-state index contributed by atoms with van der Waals surface area (Å²) in [4.78, 5) is 30.8. The summed E-state index contributed by atoms with van der Waals surface area (Å²) < 4.78 is 49.9. The molecule has 0 saturated carbocycles. The number of amides is 1. The van der Waals surface area contributed by atoms with E-state index in [0.717, 1.165) is 17.5 Å². The lowest BCUT2D eigenvalue weighted by atomic mass is 10.1. The number of nitrogens with zero attached hydrogens (tertiary/aromatic N) is 2. The Bertz CT molecular complexity index is 1180. The summed E-state index contributed by atoms with van der Waals surface area (Å²) in [5.74, 6) is -1.58. The highest BCUT2D eigenvalue weighted by molar-refractivity contribution is 5.98. The fraction of sp³-hybridized carbons (Fsp3) is 0.261. The average molecular weight is 459 g/mol. The maximum Gasteiger partial charge on any atom is 0.416 e. The van der Waals surface area contributed by atoms with Crippen molar-refractivity contribution >= 4 is 34.2 Å². The van der Waals surface area contributed by atoms with Gasteiger partial charge in [0, 0.05) is 18.5 Å². The lowest BCUT2D eigenvalue weighted by Crippen LogP contribution is -2.37. The van der Waals surface area contributed by atoms with E-state index in [4.69, 9.17) is 9.47 Å². The molecule has 2 heterocycles. The van der Waals surface area contributed by atoms with Crippen LogP contribution in [0.3, 0.4) is 0 Å². The Morgan fingerprint density at radius 2 is 1.82 bits per heavy atom. The molecule has 1 N–H and O–H groups in total. The number of halogens is 3. The summed E-state index contributed by atoms with van der Waals surface area (Å²) in [5, 5.41) is 3.28. The monoisotopic (exact) mass is 459 g/mol. The van der Waals surface area contributed by atoms with Crippen LogP contribution in [0.15, 0.2) is 54.6 Å². The first-order valence-corrected chi connectivity index (χ1v) is 10.2. The summed E-state index contributed by atoms with van der Waals surface area (Å²) in [6.45, 7) is 1.11. The SMILES string of the molecule is O=C(COC(=O)c1ccc2ccccc2n1)Nc1cc(C(F)(F)F)ccc1N1CCOCC1. The van der Waals surface area contributed by atoms with E-state index in [1.54, 1.807) is 18.2 Å². The van der Waals surface area contributed by atoms with E-state index in [1.807, 2.05) is 17.0 Å². The fourth-order valence-corrected chi connectivity index (χ4v) is 3.46. The van der Waals surface area contributed by atoms with E-state index in [0.29, 0.717) is 37.5 Å². The summed E-state index contributed by atoms with van der Waals surface area (Å²) in [6.07, 6.45) is -4.57. The molecular weight excluding hydrogens is 439 g/mol. The molecule has 4 rings (SSSR count). The minimum Gasteiger partial charge on any atom is -0.451 e. The number of ether oxygens (including phenoxy) is 2. The summed E-state index contributed by atoms with van der Waals surface area (Å²) >= 11 is 0. The van der Waals surface area contributed by atoms with Gasteiger partial charge in [-0.05, 0) is 30.3 Å². The zero-order chi connectivity index (χ0) is 23.4. The highest BCUT2D eigenvalue weighted by Crippen LogP contribution is 2.35. The van der Waals surface area contributed by atoms with E-state index in [9.17, 15) is 22.8 Å². The van der Waals surface area contributed by atoms with Gasteiger partial charge in [-0.3, -0.25) is 4.79 Å². The van der Waals surface area contributed by atoms with Gasteiger partial charge in [-0.25, -0.2) is 9.78 Å². The number of morpholine rings is 1. The van der Waals surface area contributed by atoms with E-state index >= 15 is 0 Å². The molecule has 0 spiro atoms. The van der Waals surface area contributed by atoms with Gasteiger partial charge in [-0.1, -0.05) is 24.3 Å². The molecule has 1 aromatic heterocycles. The van der Waals surface area contributed by atoms with Crippen LogP contribution < -0.4 is 10.2 Å². The van der Waals surface area contributed by atoms with Crippen molar-refractivity contribution in [3.8, 4) is 0 Å². The second-order valence-corrected chi connectivity index (χ2v) is 7.34. The number of aromatic nitrogens is 1. The van der Waals surface area contributed by atoms with Crippen molar-refractivity contribution < 1.29 is 32.2 Å². The number of anilines is 2. The van der Waals surface area contributed by atoms with Crippen molar-refractivity contribution in [2.45, 2.75) is 6.18 Å². The van der Waals surface area contributed by atoms with Crippen LogP contribution in [0.2, 0.25) is 0 Å². The number of fused-ring (bicyclic) bond motifs is 1. The largest absolute Gasteiger partial charge is 0.451 e. The number of alkyl halides is 3. The molecule has 3 aromatic rings. The van der Waals surface area contributed by atoms with Gasteiger partial charge in [0.2, 0.25) is 0 Å². The Hall–Kier alpha value is -3.66. The van der Waals surface area contributed by atoms with Crippen molar-refractivity contribution in [1.29, 1.82) is 0 Å². The van der Waals surface area contributed by atoms with Crippen molar-refractivity contribution in [1.82, 2.24) is 4.98 Å². The molecule has 1 fully saturated rings. The van der Waals surface area contributed by atoms with Crippen LogP contribution in [0, 0.1) is 0 Å². The van der Waals surface area contributed by atoms with Gasteiger partial charge in [0.15, 0.2) is 6.61 Å². The van der Waals surface area contributed by atoms with Crippen LogP contribution in [0.5, 0.6) is 0 Å². The number of nitrogens with one attached hydrogen (secondary N) is 1. The normalized spacial score (nSPS) is 14.2. The topological polar surface area (TPSA) is 80.8 Å².